The van der Waals surface area contributed by atoms with Crippen molar-refractivity contribution in [2.45, 2.75) is 56.6 Å². The van der Waals surface area contributed by atoms with Crippen LogP contribution in [0.5, 0.6) is 0 Å². The van der Waals surface area contributed by atoms with E-state index in [1.54, 1.807) is 0 Å². The Morgan fingerprint density at radius 2 is 1.95 bits per heavy atom. The van der Waals surface area contributed by atoms with Gasteiger partial charge in [0.1, 0.15) is 0 Å². The summed E-state index contributed by atoms with van der Waals surface area (Å²) < 4.78 is 4.71. The van der Waals surface area contributed by atoms with Crippen LogP contribution < -0.4 is 0 Å². The second kappa shape index (κ2) is 9.71. The third kappa shape index (κ3) is 6.03. The Hall–Kier alpha value is -0.360. The third-order valence-corrected chi connectivity index (χ3v) is 7.55. The number of piperidine rings is 1. The van der Waals surface area contributed by atoms with Gasteiger partial charge in [-0.2, -0.15) is 0 Å². The zero-order valence-electron chi connectivity index (χ0n) is 13.4. The van der Waals surface area contributed by atoms with Crippen LogP contribution in [0.1, 0.15) is 51.4 Å². The van der Waals surface area contributed by atoms with E-state index in [9.17, 15) is 9.59 Å². The van der Waals surface area contributed by atoms with Gasteiger partial charge >= 0.3 is 5.97 Å². The van der Waals surface area contributed by atoms with Gasteiger partial charge < -0.3 is 9.64 Å². The molecule has 2 saturated heterocycles. The van der Waals surface area contributed by atoms with Gasteiger partial charge in [-0.1, -0.05) is 28.0 Å². The number of carbonyl (C=O) groups excluding carboxylic acids is 2. The van der Waals surface area contributed by atoms with Gasteiger partial charge in [0.15, 0.2) is 0 Å². The highest BCUT2D eigenvalue weighted by Crippen LogP contribution is 2.39. The second-order valence-electron chi connectivity index (χ2n) is 6.18. The van der Waals surface area contributed by atoms with E-state index in [0.717, 1.165) is 37.6 Å². The Bertz CT molecular complexity index is 364. The smallest absolute Gasteiger partial charge is 0.305 e. The van der Waals surface area contributed by atoms with Crippen molar-refractivity contribution >= 4 is 33.5 Å². The van der Waals surface area contributed by atoms with E-state index in [4.69, 9.17) is 4.74 Å². The lowest BCUT2D eigenvalue weighted by molar-refractivity contribution is -0.142. The predicted octanol–water partition coefficient (Wildman–Crippen LogP) is 3.50. The average molecular weight is 346 g/mol. The van der Waals surface area contributed by atoms with Crippen LogP contribution in [0.25, 0.3) is 0 Å². The Morgan fingerprint density at radius 1 is 1.18 bits per heavy atom. The summed E-state index contributed by atoms with van der Waals surface area (Å²) in [5, 5.41) is 0.814. The molecule has 2 rings (SSSR count). The molecule has 126 valence electrons. The van der Waals surface area contributed by atoms with Crippen LogP contribution in [0.3, 0.4) is 0 Å². The molecular formula is C16H27NO3S2. The number of likely N-dealkylation sites (tertiary alicyclic amines) is 1. The molecule has 0 radical (unpaired) electrons. The van der Waals surface area contributed by atoms with E-state index >= 15 is 0 Å². The van der Waals surface area contributed by atoms with Gasteiger partial charge in [-0.15, -0.1) is 0 Å². The second-order valence-corrected chi connectivity index (χ2v) is 8.97. The molecule has 0 aromatic carbocycles. The summed E-state index contributed by atoms with van der Waals surface area (Å²) in [5.74, 6) is 1.83. The first kappa shape index (κ1) is 18.0. The monoisotopic (exact) mass is 345 g/mol. The summed E-state index contributed by atoms with van der Waals surface area (Å²) in [6.07, 6.45) is 7.81. The largest absolute Gasteiger partial charge is 0.469 e. The van der Waals surface area contributed by atoms with Gasteiger partial charge in [-0.05, 0) is 38.0 Å². The van der Waals surface area contributed by atoms with Crippen LogP contribution in [0, 0.1) is 5.92 Å². The summed E-state index contributed by atoms with van der Waals surface area (Å²) in [7, 11) is 5.44. The van der Waals surface area contributed by atoms with Gasteiger partial charge in [0.25, 0.3) is 0 Å². The fourth-order valence-electron chi connectivity index (χ4n) is 3.08. The average Bonchev–Trinajstić information content (AvgIpc) is 3.05. The lowest BCUT2D eigenvalue weighted by atomic mass is 9.93. The highest BCUT2D eigenvalue weighted by Gasteiger charge is 2.24. The highest BCUT2D eigenvalue weighted by atomic mass is 33.1. The van der Waals surface area contributed by atoms with Gasteiger partial charge in [-0.25, -0.2) is 0 Å². The number of nitrogens with zero attached hydrogens (tertiary/aromatic N) is 1. The Labute approximate surface area is 141 Å². The number of esters is 1. The topological polar surface area (TPSA) is 46.6 Å². The van der Waals surface area contributed by atoms with Crippen molar-refractivity contribution in [1.29, 1.82) is 0 Å². The minimum atomic E-state index is -0.132. The van der Waals surface area contributed by atoms with E-state index in [1.165, 1.54) is 32.1 Å². The molecule has 0 bridgehead atoms. The fraction of sp³-hybridized carbons (Fsp3) is 0.875. The molecule has 1 unspecified atom stereocenters. The molecular weight excluding hydrogens is 318 g/mol. The maximum atomic E-state index is 12.2. The molecule has 2 aliphatic heterocycles. The van der Waals surface area contributed by atoms with Crippen LogP contribution in [-0.2, 0) is 14.3 Å². The quantitative estimate of drug-likeness (QED) is 0.401. The van der Waals surface area contributed by atoms with Crippen molar-refractivity contribution in [3.05, 3.63) is 0 Å². The number of carbonyl (C=O) groups is 2. The minimum absolute atomic E-state index is 0.132. The Balaban J connectivity index is 1.55. The molecule has 0 aromatic rings. The highest BCUT2D eigenvalue weighted by molar-refractivity contribution is 8.77. The molecule has 1 atom stereocenters. The Kier molecular flexibility index (Phi) is 7.94. The molecule has 0 N–H and O–H groups in total. The van der Waals surface area contributed by atoms with Crippen molar-refractivity contribution in [2.24, 2.45) is 5.92 Å². The van der Waals surface area contributed by atoms with Gasteiger partial charge in [0.05, 0.1) is 7.11 Å². The maximum Gasteiger partial charge on any atom is 0.305 e. The molecule has 2 fully saturated rings. The molecule has 2 heterocycles. The number of ether oxygens (including phenoxy) is 1. The van der Waals surface area contributed by atoms with Crippen molar-refractivity contribution in [3.8, 4) is 0 Å². The van der Waals surface area contributed by atoms with Crippen LogP contribution >= 0.6 is 21.6 Å². The molecule has 0 spiro atoms. The molecule has 2 aliphatic rings. The van der Waals surface area contributed by atoms with E-state index in [2.05, 4.69) is 0 Å². The lowest BCUT2D eigenvalue weighted by Crippen LogP contribution is -2.38. The maximum absolute atomic E-state index is 12.2. The Morgan fingerprint density at radius 3 is 2.59 bits per heavy atom. The van der Waals surface area contributed by atoms with Crippen molar-refractivity contribution in [2.75, 3.05) is 26.0 Å². The standard InChI is InChI=1S/C16H27NO3S2/c1-20-16(19)12-13-6-9-17(10-7-13)15(18)5-3-2-4-14-8-11-21-22-14/h13-14H,2-12H2,1H3. The number of unbranched alkanes of at least 4 members (excludes halogenated alkanes) is 1. The molecule has 0 saturated carbocycles. The number of methoxy groups -OCH3 is 1. The predicted molar refractivity (Wildman–Crippen MR) is 92.9 cm³/mol. The molecule has 1 amide bonds. The summed E-state index contributed by atoms with van der Waals surface area (Å²) >= 11 is 0. The number of amides is 1. The molecule has 22 heavy (non-hydrogen) atoms. The third-order valence-electron chi connectivity index (χ3n) is 4.54. The first-order chi connectivity index (χ1) is 10.7. The molecule has 0 aromatic heterocycles. The number of hydrogen-bond acceptors (Lipinski definition) is 5. The minimum Gasteiger partial charge on any atom is -0.469 e. The first-order valence-electron chi connectivity index (χ1n) is 8.32. The van der Waals surface area contributed by atoms with Gasteiger partial charge in [0.2, 0.25) is 5.91 Å². The van der Waals surface area contributed by atoms with Crippen molar-refractivity contribution in [3.63, 3.8) is 0 Å². The molecule has 4 nitrogen and oxygen atoms in total. The van der Waals surface area contributed by atoms with Crippen LogP contribution in [-0.4, -0.2) is 48.0 Å². The van der Waals surface area contributed by atoms with Crippen LogP contribution in [0.2, 0.25) is 0 Å². The lowest BCUT2D eigenvalue weighted by Gasteiger charge is -2.31. The van der Waals surface area contributed by atoms with Crippen molar-refractivity contribution in [1.82, 2.24) is 4.90 Å². The zero-order valence-corrected chi connectivity index (χ0v) is 15.1. The number of rotatable bonds is 7. The normalized spacial score (nSPS) is 22.8. The summed E-state index contributed by atoms with van der Waals surface area (Å²) in [6, 6.07) is 0. The molecule has 6 heteroatoms. The van der Waals surface area contributed by atoms with E-state index < -0.39 is 0 Å². The summed E-state index contributed by atoms with van der Waals surface area (Å²) in [6.45, 7) is 1.60. The van der Waals surface area contributed by atoms with Gasteiger partial charge in [0, 0.05) is 36.9 Å². The number of hydrogen-bond donors (Lipinski definition) is 0. The molecule has 0 aliphatic carbocycles. The van der Waals surface area contributed by atoms with Gasteiger partial charge in [-0.3, -0.25) is 9.59 Å². The summed E-state index contributed by atoms with van der Waals surface area (Å²) in [4.78, 5) is 25.5. The van der Waals surface area contributed by atoms with E-state index in [0.29, 0.717) is 24.7 Å². The summed E-state index contributed by atoms with van der Waals surface area (Å²) in [5.41, 5.74) is 0. The van der Waals surface area contributed by atoms with E-state index in [1.807, 2.05) is 26.5 Å². The van der Waals surface area contributed by atoms with Crippen LogP contribution in [0.4, 0.5) is 0 Å². The van der Waals surface area contributed by atoms with Crippen molar-refractivity contribution < 1.29 is 14.3 Å². The first-order valence-corrected chi connectivity index (χ1v) is 10.7. The van der Waals surface area contributed by atoms with Crippen LogP contribution in [0.15, 0.2) is 0 Å². The van der Waals surface area contributed by atoms with E-state index in [-0.39, 0.29) is 5.97 Å². The fourth-order valence-corrected chi connectivity index (χ4v) is 6.10. The zero-order chi connectivity index (χ0) is 15.8. The SMILES string of the molecule is COC(=O)CC1CCN(C(=O)CCCCC2CCSS2)CC1.